The molecule has 10 heteroatoms. The van der Waals surface area contributed by atoms with Gasteiger partial charge in [-0.15, -0.1) is 0 Å². The number of aliphatic imine (C=N–C) groups is 1. The van der Waals surface area contributed by atoms with Gasteiger partial charge in [-0.1, -0.05) is 0 Å². The van der Waals surface area contributed by atoms with Crippen LogP contribution in [-0.2, 0) is 12.6 Å². The van der Waals surface area contributed by atoms with Crippen molar-refractivity contribution in [1.29, 1.82) is 0 Å². The third-order valence-corrected chi connectivity index (χ3v) is 5.00. The van der Waals surface area contributed by atoms with Crippen molar-refractivity contribution in [3.8, 4) is 11.5 Å². The summed E-state index contributed by atoms with van der Waals surface area (Å²) in [5.41, 5.74) is -0.987. The van der Waals surface area contributed by atoms with Gasteiger partial charge in [-0.2, -0.15) is 13.2 Å². The molecular weight excluding hydrogens is 419 g/mol. The number of nitrogens with zero attached hydrogens (tertiary/aromatic N) is 2. The second-order valence-electron chi connectivity index (χ2n) is 7.99. The maximum atomic E-state index is 14.7. The smallest absolute Gasteiger partial charge is 0.418 e. The lowest BCUT2D eigenvalue weighted by atomic mass is 9.98. The number of rotatable bonds is 4. The van der Waals surface area contributed by atoms with Crippen molar-refractivity contribution in [3.05, 3.63) is 53.4 Å². The highest BCUT2D eigenvalue weighted by Gasteiger charge is 2.35. The first-order chi connectivity index (χ1) is 14.5. The van der Waals surface area contributed by atoms with Crippen LogP contribution in [0.5, 0.6) is 11.5 Å². The minimum absolute atomic E-state index is 0.105. The zero-order chi connectivity index (χ0) is 22.4. The molecule has 0 aliphatic carbocycles. The van der Waals surface area contributed by atoms with E-state index in [2.05, 4.69) is 20.3 Å². The van der Waals surface area contributed by atoms with Crippen LogP contribution >= 0.6 is 0 Å². The number of benzene rings is 1. The molecule has 4 rings (SSSR count). The molecule has 1 aliphatic heterocycles. The first kappa shape index (κ1) is 21.1. The Labute approximate surface area is 174 Å². The molecule has 0 unspecified atom stereocenters. The second-order valence-corrected chi connectivity index (χ2v) is 7.99. The standard InChI is InChI=1S/C21H19F5N4O/c1-20(2)4-6-27-16(30-20)9-11-7-13(22)18(14(23)8-11)31-15-3-5-28-19-17(15)12(10-29-19)21(24,25)26/h3,5,7-8,10H,4,6,9H2,1-2H3,(H,27,30)(H,28,29). The number of fused-ring (bicyclic) bond motifs is 1. The van der Waals surface area contributed by atoms with E-state index in [4.69, 9.17) is 4.74 Å². The largest absolute Gasteiger partial charge is 0.450 e. The van der Waals surface area contributed by atoms with Gasteiger partial charge in [0.1, 0.15) is 17.2 Å². The maximum Gasteiger partial charge on any atom is 0.418 e. The molecule has 0 radical (unpaired) electrons. The van der Waals surface area contributed by atoms with Gasteiger partial charge in [0.25, 0.3) is 0 Å². The van der Waals surface area contributed by atoms with Crippen LogP contribution in [0.15, 0.2) is 35.6 Å². The first-order valence-electron chi connectivity index (χ1n) is 9.54. The Balaban J connectivity index is 1.65. The maximum absolute atomic E-state index is 14.7. The van der Waals surface area contributed by atoms with Gasteiger partial charge in [0, 0.05) is 30.9 Å². The average molecular weight is 438 g/mol. The molecule has 0 atom stereocenters. The van der Waals surface area contributed by atoms with Crippen molar-refractivity contribution < 1.29 is 26.7 Å². The van der Waals surface area contributed by atoms with Crippen LogP contribution in [0.25, 0.3) is 11.0 Å². The fourth-order valence-corrected chi connectivity index (χ4v) is 3.51. The molecule has 0 fully saturated rings. The number of amidine groups is 1. The fraction of sp³-hybridized carbons (Fsp3) is 0.333. The lowest BCUT2D eigenvalue weighted by molar-refractivity contribution is -0.136. The summed E-state index contributed by atoms with van der Waals surface area (Å²) in [5.74, 6) is -2.59. The second kappa shape index (κ2) is 7.51. The predicted octanol–water partition coefficient (Wildman–Crippen LogP) is 5.37. The van der Waals surface area contributed by atoms with Gasteiger partial charge >= 0.3 is 6.18 Å². The molecule has 3 heterocycles. The van der Waals surface area contributed by atoms with Crippen LogP contribution in [0, 0.1) is 11.6 Å². The number of alkyl halides is 3. The van der Waals surface area contributed by atoms with Crippen LogP contribution in [0.1, 0.15) is 31.4 Å². The number of aromatic amines is 1. The summed E-state index contributed by atoms with van der Waals surface area (Å²) >= 11 is 0. The van der Waals surface area contributed by atoms with Gasteiger partial charge in [0.05, 0.1) is 10.9 Å². The summed E-state index contributed by atoms with van der Waals surface area (Å²) in [4.78, 5) is 10.5. The quantitative estimate of drug-likeness (QED) is 0.539. The molecule has 2 N–H and O–H groups in total. The Hall–Kier alpha value is -3.17. The van der Waals surface area contributed by atoms with Crippen LogP contribution in [0.4, 0.5) is 22.0 Å². The lowest BCUT2D eigenvalue weighted by Crippen LogP contribution is -2.47. The number of hydrogen-bond donors (Lipinski definition) is 2. The van der Waals surface area contributed by atoms with E-state index in [1.165, 1.54) is 6.20 Å². The van der Waals surface area contributed by atoms with Crippen LogP contribution in [0.2, 0.25) is 0 Å². The highest BCUT2D eigenvalue weighted by atomic mass is 19.4. The number of H-pyrrole nitrogens is 1. The van der Waals surface area contributed by atoms with E-state index < -0.39 is 34.5 Å². The number of halogens is 5. The van der Waals surface area contributed by atoms with Crippen LogP contribution in [-0.4, -0.2) is 27.9 Å². The summed E-state index contributed by atoms with van der Waals surface area (Å²) in [6.07, 6.45) is -1.74. The molecule has 164 valence electrons. The monoisotopic (exact) mass is 438 g/mol. The molecule has 0 amide bonds. The normalized spacial score (nSPS) is 16.2. The van der Waals surface area contributed by atoms with Gasteiger partial charge in [-0.05, 0) is 44.0 Å². The number of aromatic nitrogens is 2. The molecule has 2 aromatic heterocycles. The van der Waals surface area contributed by atoms with Crippen LogP contribution < -0.4 is 10.1 Å². The SMILES string of the molecule is CC1(C)CCN=C(Cc2cc(F)c(Oc3ccnc4[nH]cc(C(F)(F)F)c34)c(F)c2)N1. The van der Waals surface area contributed by atoms with E-state index in [-0.39, 0.29) is 23.4 Å². The Morgan fingerprint density at radius 3 is 2.52 bits per heavy atom. The van der Waals surface area contributed by atoms with E-state index in [0.29, 0.717) is 17.9 Å². The zero-order valence-corrected chi connectivity index (χ0v) is 16.7. The molecule has 0 bridgehead atoms. The molecular formula is C21H19F5N4O. The number of ether oxygens (including phenoxy) is 1. The molecule has 5 nitrogen and oxygen atoms in total. The number of nitrogens with one attached hydrogen (secondary N) is 2. The van der Waals surface area contributed by atoms with E-state index in [1.54, 1.807) is 0 Å². The van der Waals surface area contributed by atoms with Crippen molar-refractivity contribution in [3.63, 3.8) is 0 Å². The Morgan fingerprint density at radius 1 is 1.16 bits per heavy atom. The lowest BCUT2D eigenvalue weighted by Gasteiger charge is -2.31. The molecule has 0 saturated heterocycles. The van der Waals surface area contributed by atoms with Gasteiger partial charge in [0.15, 0.2) is 17.4 Å². The van der Waals surface area contributed by atoms with E-state index >= 15 is 0 Å². The first-order valence-corrected chi connectivity index (χ1v) is 9.54. The van der Waals surface area contributed by atoms with Gasteiger partial charge in [-0.25, -0.2) is 13.8 Å². The van der Waals surface area contributed by atoms with Crippen molar-refractivity contribution in [2.45, 2.75) is 38.4 Å². The molecule has 0 spiro atoms. The molecule has 31 heavy (non-hydrogen) atoms. The van der Waals surface area contributed by atoms with Crippen molar-refractivity contribution >= 4 is 16.9 Å². The number of pyridine rings is 1. The topological polar surface area (TPSA) is 62.3 Å². The van der Waals surface area contributed by atoms with Crippen LogP contribution in [0.3, 0.4) is 0 Å². The van der Waals surface area contributed by atoms with Crippen molar-refractivity contribution in [1.82, 2.24) is 15.3 Å². The minimum Gasteiger partial charge on any atom is -0.450 e. The summed E-state index contributed by atoms with van der Waals surface area (Å²) in [5, 5.41) is 2.83. The Morgan fingerprint density at radius 2 is 1.87 bits per heavy atom. The minimum atomic E-state index is -4.69. The van der Waals surface area contributed by atoms with Gasteiger partial charge in [0.2, 0.25) is 0 Å². The Bertz CT molecular complexity index is 1140. The average Bonchev–Trinajstić information content (AvgIpc) is 3.09. The van der Waals surface area contributed by atoms with Gasteiger partial charge < -0.3 is 15.0 Å². The third-order valence-electron chi connectivity index (χ3n) is 5.00. The molecule has 1 aromatic carbocycles. The number of hydrogen-bond acceptors (Lipinski definition) is 4. The fourth-order valence-electron chi connectivity index (χ4n) is 3.51. The highest BCUT2D eigenvalue weighted by Crippen LogP contribution is 2.40. The van der Waals surface area contributed by atoms with Crippen molar-refractivity contribution in [2.24, 2.45) is 4.99 Å². The molecule has 0 saturated carbocycles. The Kier molecular flexibility index (Phi) is 5.10. The molecule has 3 aromatic rings. The summed E-state index contributed by atoms with van der Waals surface area (Å²) in [6.45, 7) is 4.62. The van der Waals surface area contributed by atoms with E-state index in [0.717, 1.165) is 30.8 Å². The van der Waals surface area contributed by atoms with Gasteiger partial charge in [-0.3, -0.25) is 4.99 Å². The van der Waals surface area contributed by atoms with E-state index in [1.807, 2.05) is 13.8 Å². The van der Waals surface area contributed by atoms with Crippen molar-refractivity contribution in [2.75, 3.05) is 6.54 Å². The summed E-state index contributed by atoms with van der Waals surface area (Å²) in [7, 11) is 0. The summed E-state index contributed by atoms with van der Waals surface area (Å²) in [6, 6.07) is 3.30. The third kappa shape index (κ3) is 4.33. The van der Waals surface area contributed by atoms with E-state index in [9.17, 15) is 22.0 Å². The zero-order valence-electron chi connectivity index (χ0n) is 16.7. The highest BCUT2D eigenvalue weighted by molar-refractivity contribution is 5.87. The summed E-state index contributed by atoms with van der Waals surface area (Å²) < 4.78 is 74.5. The predicted molar refractivity (Wildman–Crippen MR) is 105 cm³/mol. The molecule has 1 aliphatic rings.